The van der Waals surface area contributed by atoms with E-state index >= 15 is 0 Å². The second kappa shape index (κ2) is 5.18. The second-order valence-electron chi connectivity index (χ2n) is 3.58. The van der Waals surface area contributed by atoms with Crippen LogP contribution in [-0.4, -0.2) is 11.6 Å². The molecule has 1 atom stereocenters. The van der Waals surface area contributed by atoms with Crippen LogP contribution in [-0.2, 0) is 6.16 Å². The molecule has 1 nitrogen and oxygen atoms in total. The van der Waals surface area contributed by atoms with Crippen molar-refractivity contribution in [3.63, 3.8) is 0 Å². The standard InChI is InChI=1S/C13H13FNP/c1-16-9-13-6-5-11(8-15-13)10-3-2-4-12(14)7-10/h2-8,16H,9H2,1H3. The molecule has 0 amide bonds. The molecule has 1 heterocycles. The minimum Gasteiger partial charge on any atom is -0.260 e. The van der Waals surface area contributed by atoms with Crippen molar-refractivity contribution in [3.8, 4) is 11.1 Å². The Balaban J connectivity index is 2.27. The van der Waals surface area contributed by atoms with Crippen LogP contribution >= 0.6 is 8.58 Å². The lowest BCUT2D eigenvalue weighted by Gasteiger charge is -2.03. The normalized spacial score (nSPS) is 11.1. The summed E-state index contributed by atoms with van der Waals surface area (Å²) in [6.07, 6.45) is 2.83. The van der Waals surface area contributed by atoms with Gasteiger partial charge in [0.1, 0.15) is 5.82 Å². The van der Waals surface area contributed by atoms with Crippen LogP contribution in [0.1, 0.15) is 5.69 Å². The zero-order chi connectivity index (χ0) is 11.4. The highest BCUT2D eigenvalue weighted by Gasteiger charge is 2.00. The highest BCUT2D eigenvalue weighted by molar-refractivity contribution is 7.36. The summed E-state index contributed by atoms with van der Waals surface area (Å²) in [5.74, 6) is -0.211. The van der Waals surface area contributed by atoms with Gasteiger partial charge in [0.25, 0.3) is 0 Å². The first-order valence-corrected chi connectivity index (χ1v) is 6.86. The quantitative estimate of drug-likeness (QED) is 0.736. The van der Waals surface area contributed by atoms with Gasteiger partial charge in [-0.05, 0) is 30.4 Å². The molecular weight excluding hydrogens is 220 g/mol. The van der Waals surface area contributed by atoms with Crippen LogP contribution in [0.15, 0.2) is 42.6 Å². The minimum absolute atomic E-state index is 0.211. The summed E-state index contributed by atoms with van der Waals surface area (Å²) in [7, 11) is 0.874. The third-order valence-electron chi connectivity index (χ3n) is 2.34. The second-order valence-corrected chi connectivity index (χ2v) is 4.64. The Morgan fingerprint density at radius 2 is 2.06 bits per heavy atom. The average Bonchev–Trinajstić information content (AvgIpc) is 2.30. The summed E-state index contributed by atoms with van der Waals surface area (Å²) >= 11 is 0. The summed E-state index contributed by atoms with van der Waals surface area (Å²) in [6.45, 7) is 2.15. The first-order chi connectivity index (χ1) is 7.79. The molecule has 82 valence electrons. The molecule has 2 rings (SSSR count). The lowest BCUT2D eigenvalue weighted by molar-refractivity contribution is 0.628. The molecule has 0 bridgehead atoms. The fourth-order valence-corrected chi connectivity index (χ4v) is 2.12. The lowest BCUT2D eigenvalue weighted by atomic mass is 10.1. The fraction of sp³-hybridized carbons (Fsp3) is 0.154. The maximum absolute atomic E-state index is 13.0. The van der Waals surface area contributed by atoms with Gasteiger partial charge in [0, 0.05) is 23.6 Å². The van der Waals surface area contributed by atoms with Crippen molar-refractivity contribution in [2.45, 2.75) is 6.16 Å². The summed E-state index contributed by atoms with van der Waals surface area (Å²) in [6, 6.07) is 10.6. The predicted molar refractivity (Wildman–Crippen MR) is 67.6 cm³/mol. The van der Waals surface area contributed by atoms with Crippen LogP contribution in [0.25, 0.3) is 11.1 Å². The number of benzene rings is 1. The largest absolute Gasteiger partial charge is 0.260 e. The predicted octanol–water partition coefficient (Wildman–Crippen LogP) is 3.70. The number of aromatic nitrogens is 1. The number of hydrogen-bond acceptors (Lipinski definition) is 1. The molecule has 0 radical (unpaired) electrons. The maximum atomic E-state index is 13.0. The van der Waals surface area contributed by atoms with Gasteiger partial charge in [0.2, 0.25) is 0 Å². The number of pyridine rings is 1. The van der Waals surface area contributed by atoms with Crippen molar-refractivity contribution >= 4 is 8.58 Å². The van der Waals surface area contributed by atoms with Crippen molar-refractivity contribution < 1.29 is 4.39 Å². The van der Waals surface area contributed by atoms with Gasteiger partial charge in [-0.15, -0.1) is 8.58 Å². The third kappa shape index (κ3) is 2.65. The number of nitrogens with zero attached hydrogens (tertiary/aromatic N) is 1. The Labute approximate surface area is 96.5 Å². The summed E-state index contributed by atoms with van der Waals surface area (Å²) in [4.78, 5) is 4.36. The molecule has 0 fully saturated rings. The molecule has 0 saturated heterocycles. The Hall–Kier alpha value is -1.27. The Kier molecular flexibility index (Phi) is 3.63. The molecule has 2 aromatic rings. The Bertz CT molecular complexity index is 468. The van der Waals surface area contributed by atoms with E-state index in [9.17, 15) is 4.39 Å². The monoisotopic (exact) mass is 233 g/mol. The van der Waals surface area contributed by atoms with E-state index in [0.717, 1.165) is 31.6 Å². The van der Waals surface area contributed by atoms with Crippen LogP contribution < -0.4 is 0 Å². The van der Waals surface area contributed by atoms with Gasteiger partial charge >= 0.3 is 0 Å². The lowest BCUT2D eigenvalue weighted by Crippen LogP contribution is -1.86. The molecule has 1 aromatic heterocycles. The Morgan fingerprint density at radius 3 is 2.69 bits per heavy atom. The van der Waals surface area contributed by atoms with Crippen LogP contribution in [0.2, 0.25) is 0 Å². The number of hydrogen-bond donors (Lipinski definition) is 0. The molecule has 0 aliphatic carbocycles. The van der Waals surface area contributed by atoms with Gasteiger partial charge in [-0.25, -0.2) is 4.39 Å². The van der Waals surface area contributed by atoms with E-state index in [4.69, 9.17) is 0 Å². The van der Waals surface area contributed by atoms with Crippen LogP contribution in [0.5, 0.6) is 0 Å². The molecule has 0 N–H and O–H groups in total. The molecule has 0 saturated carbocycles. The van der Waals surface area contributed by atoms with Gasteiger partial charge in [-0.1, -0.05) is 18.2 Å². The van der Waals surface area contributed by atoms with Crippen molar-refractivity contribution in [1.29, 1.82) is 0 Å². The van der Waals surface area contributed by atoms with Gasteiger partial charge in [-0.2, -0.15) is 0 Å². The van der Waals surface area contributed by atoms with Gasteiger partial charge in [0.15, 0.2) is 0 Å². The van der Waals surface area contributed by atoms with E-state index in [0.29, 0.717) is 0 Å². The van der Waals surface area contributed by atoms with Crippen molar-refractivity contribution in [1.82, 2.24) is 4.98 Å². The molecule has 0 aliphatic rings. The van der Waals surface area contributed by atoms with Crippen LogP contribution in [0.4, 0.5) is 4.39 Å². The van der Waals surface area contributed by atoms with Crippen molar-refractivity contribution in [2.24, 2.45) is 0 Å². The molecule has 1 unspecified atom stereocenters. The average molecular weight is 233 g/mol. The molecule has 1 aromatic carbocycles. The van der Waals surface area contributed by atoms with E-state index in [1.54, 1.807) is 6.07 Å². The maximum Gasteiger partial charge on any atom is 0.123 e. The summed E-state index contributed by atoms with van der Waals surface area (Å²) < 4.78 is 13.0. The SMILES string of the molecule is CPCc1ccc(-c2cccc(F)c2)cn1. The van der Waals surface area contributed by atoms with E-state index in [1.807, 2.05) is 24.4 Å². The van der Waals surface area contributed by atoms with Gasteiger partial charge in [-0.3, -0.25) is 4.98 Å². The molecule has 0 aliphatic heterocycles. The van der Waals surface area contributed by atoms with Crippen LogP contribution in [0.3, 0.4) is 0 Å². The van der Waals surface area contributed by atoms with E-state index in [1.165, 1.54) is 12.1 Å². The zero-order valence-corrected chi connectivity index (χ0v) is 10.1. The van der Waals surface area contributed by atoms with Gasteiger partial charge in [0.05, 0.1) is 0 Å². The highest BCUT2D eigenvalue weighted by Crippen LogP contribution is 2.20. The molecular formula is C13H13FNP. The minimum atomic E-state index is -0.211. The number of rotatable bonds is 3. The van der Waals surface area contributed by atoms with E-state index < -0.39 is 0 Å². The summed E-state index contributed by atoms with van der Waals surface area (Å²) in [5.41, 5.74) is 2.93. The van der Waals surface area contributed by atoms with E-state index in [-0.39, 0.29) is 5.82 Å². The number of halogens is 1. The van der Waals surface area contributed by atoms with E-state index in [2.05, 4.69) is 11.6 Å². The Morgan fingerprint density at radius 1 is 1.19 bits per heavy atom. The van der Waals surface area contributed by atoms with Gasteiger partial charge < -0.3 is 0 Å². The molecule has 3 heteroatoms. The first kappa shape index (κ1) is 11.2. The highest BCUT2D eigenvalue weighted by atomic mass is 31.1. The van der Waals surface area contributed by atoms with Crippen molar-refractivity contribution in [2.75, 3.05) is 6.66 Å². The topological polar surface area (TPSA) is 12.9 Å². The molecule has 16 heavy (non-hydrogen) atoms. The first-order valence-electron chi connectivity index (χ1n) is 5.15. The molecule has 0 spiro atoms. The fourth-order valence-electron chi connectivity index (χ4n) is 1.55. The third-order valence-corrected chi connectivity index (χ3v) is 3.06. The summed E-state index contributed by atoms with van der Waals surface area (Å²) in [5, 5.41) is 0. The van der Waals surface area contributed by atoms with Crippen molar-refractivity contribution in [3.05, 3.63) is 54.1 Å². The smallest absolute Gasteiger partial charge is 0.123 e. The van der Waals surface area contributed by atoms with Crippen LogP contribution in [0, 0.1) is 5.82 Å². The zero-order valence-electron chi connectivity index (χ0n) is 9.07.